The topological polar surface area (TPSA) is 56.5 Å². The summed E-state index contributed by atoms with van der Waals surface area (Å²) >= 11 is 3.51. The predicted octanol–water partition coefficient (Wildman–Crippen LogP) is 7.61. The summed E-state index contributed by atoms with van der Waals surface area (Å²) in [6, 6.07) is 24.6. The van der Waals surface area contributed by atoms with Crippen LogP contribution in [0, 0.1) is 6.92 Å². The van der Waals surface area contributed by atoms with Crippen LogP contribution in [0.3, 0.4) is 0 Å². The monoisotopic (exact) mass is 591 g/mol. The molecule has 0 N–H and O–H groups in total. The van der Waals surface area contributed by atoms with Crippen molar-refractivity contribution in [3.63, 3.8) is 0 Å². The smallest absolute Gasteiger partial charge is 0.416 e. The van der Waals surface area contributed by atoms with Gasteiger partial charge in [-0.15, -0.1) is 0 Å². The first-order chi connectivity index (χ1) is 18.7. The van der Waals surface area contributed by atoms with E-state index < -0.39 is 17.3 Å². The second-order valence-corrected chi connectivity index (χ2v) is 9.71. The Bertz CT molecular complexity index is 1760. The van der Waals surface area contributed by atoms with E-state index in [0.29, 0.717) is 33.3 Å². The first-order valence-corrected chi connectivity index (χ1v) is 12.7. The molecule has 196 valence electrons. The Hall–Kier alpha value is -4.24. The number of aromatic nitrogens is 2. The minimum absolute atomic E-state index is 0.00164. The second kappa shape index (κ2) is 10.9. The predicted molar refractivity (Wildman–Crippen MR) is 149 cm³/mol. The summed E-state index contributed by atoms with van der Waals surface area (Å²) in [5.41, 5.74) is 1.96. The van der Waals surface area contributed by atoms with E-state index in [2.05, 4.69) is 26.0 Å². The van der Waals surface area contributed by atoms with Crippen LogP contribution in [0.4, 0.5) is 13.2 Å². The van der Waals surface area contributed by atoms with Crippen LogP contribution < -0.4 is 10.3 Å². The first-order valence-electron chi connectivity index (χ1n) is 11.9. The molecule has 5 rings (SSSR count). The summed E-state index contributed by atoms with van der Waals surface area (Å²) in [4.78, 5) is 17.8. The summed E-state index contributed by atoms with van der Waals surface area (Å²) in [5, 5.41) is 4.64. The van der Waals surface area contributed by atoms with E-state index in [4.69, 9.17) is 4.74 Å². The van der Waals surface area contributed by atoms with E-state index in [9.17, 15) is 18.0 Å². The van der Waals surface area contributed by atoms with Gasteiger partial charge in [0.25, 0.3) is 5.56 Å². The average Bonchev–Trinajstić information content (AvgIpc) is 2.91. The van der Waals surface area contributed by atoms with Crippen molar-refractivity contribution in [2.45, 2.75) is 19.7 Å². The van der Waals surface area contributed by atoms with Crippen molar-refractivity contribution in [3.8, 4) is 17.1 Å². The third-order valence-electron chi connectivity index (χ3n) is 5.96. The molecule has 0 spiro atoms. The molecular formula is C30H21BrF3N3O2. The molecule has 0 saturated heterocycles. The van der Waals surface area contributed by atoms with Gasteiger partial charge in [0.2, 0.25) is 0 Å². The van der Waals surface area contributed by atoms with Gasteiger partial charge in [0.15, 0.2) is 5.82 Å². The molecule has 0 saturated carbocycles. The highest BCUT2D eigenvalue weighted by atomic mass is 79.9. The maximum absolute atomic E-state index is 13.4. The van der Waals surface area contributed by atoms with Gasteiger partial charge in [-0.2, -0.15) is 22.9 Å². The van der Waals surface area contributed by atoms with Crippen molar-refractivity contribution in [2.24, 2.45) is 5.10 Å². The Kier molecular flexibility index (Phi) is 7.34. The lowest BCUT2D eigenvalue weighted by molar-refractivity contribution is -0.137. The van der Waals surface area contributed by atoms with Gasteiger partial charge in [0.05, 0.1) is 27.2 Å². The number of para-hydroxylation sites is 1. The zero-order valence-corrected chi connectivity index (χ0v) is 22.2. The average molecular weight is 592 g/mol. The van der Waals surface area contributed by atoms with Crippen LogP contribution in [-0.2, 0) is 12.8 Å². The molecule has 0 bridgehead atoms. The van der Waals surface area contributed by atoms with Gasteiger partial charge in [-0.05, 0) is 76.4 Å². The van der Waals surface area contributed by atoms with Gasteiger partial charge >= 0.3 is 6.18 Å². The SMILES string of the molecule is Cc1cccc(COc2ccc(C=Nn3c(-c4cccc(C(F)(F)F)c4)nc4ccccc4c3=O)cc2Br)c1. The molecule has 0 aliphatic heterocycles. The Morgan fingerprint density at radius 2 is 1.77 bits per heavy atom. The molecule has 4 aromatic carbocycles. The molecule has 9 heteroatoms. The molecule has 0 amide bonds. The van der Waals surface area contributed by atoms with Crippen LogP contribution in [0.25, 0.3) is 22.3 Å². The third-order valence-corrected chi connectivity index (χ3v) is 6.58. The minimum atomic E-state index is -4.54. The van der Waals surface area contributed by atoms with E-state index in [1.54, 1.807) is 42.5 Å². The van der Waals surface area contributed by atoms with Crippen LogP contribution in [-0.4, -0.2) is 15.9 Å². The molecule has 0 fully saturated rings. The molecule has 0 radical (unpaired) electrons. The number of fused-ring (bicyclic) bond motifs is 1. The third kappa shape index (κ3) is 5.93. The summed E-state index contributed by atoms with van der Waals surface area (Å²) < 4.78 is 47.8. The molecular weight excluding hydrogens is 571 g/mol. The molecule has 0 unspecified atom stereocenters. The molecule has 0 aliphatic rings. The van der Waals surface area contributed by atoms with Crippen molar-refractivity contribution in [1.29, 1.82) is 0 Å². The summed E-state index contributed by atoms with van der Waals surface area (Å²) in [6.45, 7) is 2.41. The van der Waals surface area contributed by atoms with Crippen LogP contribution in [0.1, 0.15) is 22.3 Å². The summed E-state index contributed by atoms with van der Waals surface area (Å²) in [6.07, 6.45) is -3.10. The lowest BCUT2D eigenvalue weighted by Gasteiger charge is -2.12. The minimum Gasteiger partial charge on any atom is -0.488 e. The van der Waals surface area contributed by atoms with Gasteiger partial charge < -0.3 is 4.74 Å². The van der Waals surface area contributed by atoms with Crippen LogP contribution in [0.5, 0.6) is 5.75 Å². The van der Waals surface area contributed by atoms with E-state index in [-0.39, 0.29) is 11.4 Å². The van der Waals surface area contributed by atoms with Crippen molar-refractivity contribution >= 4 is 33.0 Å². The van der Waals surface area contributed by atoms with E-state index >= 15 is 0 Å². The number of hydrogen-bond acceptors (Lipinski definition) is 4. The van der Waals surface area contributed by atoms with Crippen molar-refractivity contribution in [1.82, 2.24) is 9.66 Å². The summed E-state index contributed by atoms with van der Waals surface area (Å²) in [7, 11) is 0. The normalized spacial score (nSPS) is 11.8. The van der Waals surface area contributed by atoms with Gasteiger partial charge in [0, 0.05) is 5.56 Å². The Balaban J connectivity index is 1.50. The Labute approximate surface area is 230 Å². The highest BCUT2D eigenvalue weighted by molar-refractivity contribution is 9.10. The summed E-state index contributed by atoms with van der Waals surface area (Å²) in [5.74, 6) is 0.626. The number of nitrogens with zero attached hydrogens (tertiary/aromatic N) is 3. The fourth-order valence-corrected chi connectivity index (χ4v) is 4.57. The first kappa shape index (κ1) is 26.4. The van der Waals surface area contributed by atoms with Gasteiger partial charge in [-0.1, -0.05) is 54.1 Å². The second-order valence-electron chi connectivity index (χ2n) is 8.86. The van der Waals surface area contributed by atoms with Crippen molar-refractivity contribution in [3.05, 3.63) is 128 Å². The van der Waals surface area contributed by atoms with E-state index in [1.807, 2.05) is 31.2 Å². The zero-order valence-electron chi connectivity index (χ0n) is 20.6. The van der Waals surface area contributed by atoms with Crippen LogP contribution in [0.2, 0.25) is 0 Å². The van der Waals surface area contributed by atoms with Crippen LogP contribution in [0.15, 0.2) is 105 Å². The highest BCUT2D eigenvalue weighted by Gasteiger charge is 2.31. The Morgan fingerprint density at radius 1 is 0.974 bits per heavy atom. The molecule has 0 aliphatic carbocycles. The molecule has 39 heavy (non-hydrogen) atoms. The van der Waals surface area contributed by atoms with Crippen LogP contribution >= 0.6 is 15.9 Å². The molecule has 5 aromatic rings. The maximum Gasteiger partial charge on any atom is 0.416 e. The highest BCUT2D eigenvalue weighted by Crippen LogP contribution is 2.32. The fourth-order valence-electron chi connectivity index (χ4n) is 4.05. The fraction of sp³-hybridized carbons (Fsp3) is 0.100. The number of rotatable bonds is 6. The number of hydrogen-bond donors (Lipinski definition) is 0. The van der Waals surface area contributed by atoms with Gasteiger partial charge in [0.1, 0.15) is 12.4 Å². The standard InChI is InChI=1S/C30H21BrF3N3O2/c1-19-6-4-7-21(14-19)18-39-27-13-12-20(15-25(27)31)17-35-37-28(22-8-5-9-23(16-22)30(32,33)34)36-26-11-3-2-10-24(26)29(37)38/h2-17H,18H2,1H3. The molecule has 5 nitrogen and oxygen atoms in total. The molecule has 1 aromatic heterocycles. The largest absolute Gasteiger partial charge is 0.488 e. The van der Waals surface area contributed by atoms with Crippen molar-refractivity contribution < 1.29 is 17.9 Å². The van der Waals surface area contributed by atoms with Gasteiger partial charge in [-0.3, -0.25) is 4.79 Å². The number of benzene rings is 4. The Morgan fingerprint density at radius 3 is 2.54 bits per heavy atom. The number of alkyl halides is 3. The van der Waals surface area contributed by atoms with E-state index in [0.717, 1.165) is 27.9 Å². The number of aryl methyl sites for hydroxylation is 1. The lowest BCUT2D eigenvalue weighted by Crippen LogP contribution is -2.20. The lowest BCUT2D eigenvalue weighted by atomic mass is 10.1. The molecule has 1 heterocycles. The maximum atomic E-state index is 13.4. The quantitative estimate of drug-likeness (QED) is 0.191. The van der Waals surface area contributed by atoms with E-state index in [1.165, 1.54) is 18.3 Å². The number of ether oxygens (including phenoxy) is 1. The zero-order chi connectivity index (χ0) is 27.6. The van der Waals surface area contributed by atoms with Gasteiger partial charge in [-0.25, -0.2) is 4.98 Å². The molecule has 0 atom stereocenters. The number of halogens is 4. The van der Waals surface area contributed by atoms with Crippen molar-refractivity contribution in [2.75, 3.05) is 0 Å².